The first kappa shape index (κ1) is 14.5. The molecule has 0 heterocycles. The van der Waals surface area contributed by atoms with E-state index in [0.29, 0.717) is 5.75 Å². The van der Waals surface area contributed by atoms with E-state index in [1.165, 1.54) is 0 Å². The van der Waals surface area contributed by atoms with Gasteiger partial charge >= 0.3 is 0 Å². The highest BCUT2D eigenvalue weighted by molar-refractivity contribution is 8.13. The molecule has 1 unspecified atom stereocenters. The van der Waals surface area contributed by atoms with Gasteiger partial charge in [0.05, 0.1) is 8.07 Å². The zero-order chi connectivity index (χ0) is 12.1. The van der Waals surface area contributed by atoms with Crippen molar-refractivity contribution in [1.82, 2.24) is 5.32 Å². The van der Waals surface area contributed by atoms with Crippen molar-refractivity contribution in [3.8, 4) is 0 Å². The second kappa shape index (κ2) is 6.17. The lowest BCUT2D eigenvalue weighted by atomic mass is 10.2. The van der Waals surface area contributed by atoms with Crippen molar-refractivity contribution in [3.63, 3.8) is 0 Å². The van der Waals surface area contributed by atoms with Crippen molar-refractivity contribution < 1.29 is 9.59 Å². The van der Waals surface area contributed by atoms with Crippen LogP contribution in [0.3, 0.4) is 0 Å². The van der Waals surface area contributed by atoms with Crippen LogP contribution >= 0.6 is 11.8 Å². The van der Waals surface area contributed by atoms with Gasteiger partial charge < -0.3 is 11.1 Å². The van der Waals surface area contributed by atoms with Crippen molar-refractivity contribution in [2.24, 2.45) is 11.7 Å². The Bertz CT molecular complexity index is 241. The molecule has 0 spiro atoms. The summed E-state index contributed by atoms with van der Waals surface area (Å²) in [6.45, 7) is 8.37. The molecule has 0 saturated heterocycles. The van der Waals surface area contributed by atoms with Crippen LogP contribution in [0.4, 0.5) is 4.79 Å². The summed E-state index contributed by atoms with van der Waals surface area (Å²) in [6.07, 6.45) is 0.775. The number of nitrogens with one attached hydrogen (secondary N) is 1. The van der Waals surface area contributed by atoms with Crippen LogP contribution in [0.1, 0.15) is 6.92 Å². The molecule has 0 aromatic carbocycles. The van der Waals surface area contributed by atoms with Crippen LogP contribution in [0.5, 0.6) is 0 Å². The number of carbonyl (C=O) groups is 2. The molecule has 0 aliphatic carbocycles. The van der Waals surface area contributed by atoms with Gasteiger partial charge in [0.2, 0.25) is 5.91 Å². The molecule has 4 nitrogen and oxygen atoms in total. The standard InChI is InChI=1S/C9H20N2O2SSi/c1-7(5-14-9(10)13)8(12)11-6-15(2,3)4/h7H,5-6H2,1-4H3,(H2,10,13)(H,11,12). The summed E-state index contributed by atoms with van der Waals surface area (Å²) in [5.41, 5.74) is 4.98. The second-order valence-electron chi connectivity index (χ2n) is 4.81. The molecular formula is C9H20N2O2SSi. The molecule has 0 saturated carbocycles. The summed E-state index contributed by atoms with van der Waals surface area (Å²) in [6, 6.07) is 0. The van der Waals surface area contributed by atoms with Gasteiger partial charge in [0, 0.05) is 17.8 Å². The molecule has 0 aliphatic rings. The third-order valence-electron chi connectivity index (χ3n) is 1.72. The maximum Gasteiger partial charge on any atom is 0.276 e. The van der Waals surface area contributed by atoms with E-state index in [0.717, 1.165) is 17.9 Å². The third-order valence-corrected chi connectivity index (χ3v) is 3.90. The van der Waals surface area contributed by atoms with E-state index >= 15 is 0 Å². The molecule has 3 N–H and O–H groups in total. The zero-order valence-corrected chi connectivity index (χ0v) is 11.6. The largest absolute Gasteiger partial charge is 0.361 e. The summed E-state index contributed by atoms with van der Waals surface area (Å²) in [5, 5.41) is 2.47. The number of carbonyl (C=O) groups excluding carboxylic acids is 2. The van der Waals surface area contributed by atoms with Gasteiger partial charge in [-0.2, -0.15) is 0 Å². The Morgan fingerprint density at radius 2 is 1.93 bits per heavy atom. The molecule has 1 atom stereocenters. The number of amides is 2. The summed E-state index contributed by atoms with van der Waals surface area (Å²) < 4.78 is 0. The Balaban J connectivity index is 3.84. The van der Waals surface area contributed by atoms with E-state index in [9.17, 15) is 9.59 Å². The lowest BCUT2D eigenvalue weighted by Crippen LogP contribution is -2.42. The molecule has 0 rings (SSSR count). The maximum atomic E-state index is 11.5. The van der Waals surface area contributed by atoms with Crippen LogP contribution < -0.4 is 11.1 Å². The quantitative estimate of drug-likeness (QED) is 0.723. The van der Waals surface area contributed by atoms with Crippen molar-refractivity contribution in [1.29, 1.82) is 0 Å². The lowest BCUT2D eigenvalue weighted by molar-refractivity contribution is -0.123. The molecule has 15 heavy (non-hydrogen) atoms. The van der Waals surface area contributed by atoms with Crippen LogP contribution in [0.15, 0.2) is 0 Å². The van der Waals surface area contributed by atoms with Gasteiger partial charge in [-0.3, -0.25) is 9.59 Å². The fraction of sp³-hybridized carbons (Fsp3) is 0.778. The van der Waals surface area contributed by atoms with E-state index in [1.807, 2.05) is 0 Å². The predicted octanol–water partition coefficient (Wildman–Crippen LogP) is 1.43. The number of primary amides is 1. The van der Waals surface area contributed by atoms with Crippen LogP contribution in [0.25, 0.3) is 0 Å². The fourth-order valence-corrected chi connectivity index (χ4v) is 2.08. The van der Waals surface area contributed by atoms with E-state index in [2.05, 4.69) is 25.0 Å². The van der Waals surface area contributed by atoms with Gasteiger partial charge in [0.1, 0.15) is 0 Å². The molecule has 0 aromatic heterocycles. The normalized spacial score (nSPS) is 13.3. The van der Waals surface area contributed by atoms with Crippen LogP contribution in [0, 0.1) is 5.92 Å². The maximum absolute atomic E-state index is 11.5. The summed E-state index contributed by atoms with van der Waals surface area (Å²) in [5.74, 6) is 0.289. The van der Waals surface area contributed by atoms with Crippen LogP contribution in [-0.2, 0) is 4.79 Å². The van der Waals surface area contributed by atoms with E-state index in [4.69, 9.17) is 5.73 Å². The minimum absolute atomic E-state index is 0.00572. The predicted molar refractivity (Wildman–Crippen MR) is 67.6 cm³/mol. The molecule has 0 bridgehead atoms. The number of thioether (sulfide) groups is 1. The number of hydrogen-bond acceptors (Lipinski definition) is 3. The van der Waals surface area contributed by atoms with Gasteiger partial charge in [-0.1, -0.05) is 38.3 Å². The Hall–Kier alpha value is -0.493. The van der Waals surface area contributed by atoms with Crippen molar-refractivity contribution in [2.45, 2.75) is 26.6 Å². The molecule has 0 aromatic rings. The highest BCUT2D eigenvalue weighted by Gasteiger charge is 2.18. The molecule has 0 radical (unpaired) electrons. The van der Waals surface area contributed by atoms with Crippen molar-refractivity contribution in [3.05, 3.63) is 0 Å². The smallest absolute Gasteiger partial charge is 0.276 e. The number of hydrogen-bond donors (Lipinski definition) is 2. The van der Waals surface area contributed by atoms with Gasteiger partial charge in [0.25, 0.3) is 5.24 Å². The minimum atomic E-state index is -1.24. The summed E-state index contributed by atoms with van der Waals surface area (Å²) in [7, 11) is -1.24. The van der Waals surface area contributed by atoms with Crippen LogP contribution in [-0.4, -0.2) is 31.1 Å². The Morgan fingerprint density at radius 1 is 1.40 bits per heavy atom. The number of rotatable bonds is 5. The van der Waals surface area contributed by atoms with E-state index in [-0.39, 0.29) is 11.8 Å². The highest BCUT2D eigenvalue weighted by atomic mass is 32.2. The first-order chi connectivity index (χ1) is 6.72. The fourth-order valence-electron chi connectivity index (χ4n) is 0.809. The van der Waals surface area contributed by atoms with E-state index < -0.39 is 13.3 Å². The second-order valence-corrected chi connectivity index (χ2v) is 11.3. The van der Waals surface area contributed by atoms with Crippen molar-refractivity contribution in [2.75, 3.05) is 11.9 Å². The van der Waals surface area contributed by atoms with Gasteiger partial charge in [-0.15, -0.1) is 0 Å². The minimum Gasteiger partial charge on any atom is -0.361 e. The first-order valence-electron chi connectivity index (χ1n) is 4.92. The van der Waals surface area contributed by atoms with Gasteiger partial charge in [-0.25, -0.2) is 0 Å². The highest BCUT2D eigenvalue weighted by Crippen LogP contribution is 2.08. The molecule has 88 valence electrons. The monoisotopic (exact) mass is 248 g/mol. The lowest BCUT2D eigenvalue weighted by Gasteiger charge is -2.18. The van der Waals surface area contributed by atoms with Crippen LogP contribution in [0.2, 0.25) is 19.6 Å². The summed E-state index contributed by atoms with van der Waals surface area (Å²) in [4.78, 5) is 22.1. The Morgan fingerprint density at radius 3 is 2.33 bits per heavy atom. The topological polar surface area (TPSA) is 72.2 Å². The van der Waals surface area contributed by atoms with E-state index in [1.54, 1.807) is 6.92 Å². The first-order valence-corrected chi connectivity index (χ1v) is 9.61. The molecule has 6 heteroatoms. The molecule has 0 aliphatic heterocycles. The average molecular weight is 248 g/mol. The average Bonchev–Trinajstić information content (AvgIpc) is 2.08. The molecule has 0 fully saturated rings. The zero-order valence-electron chi connectivity index (χ0n) is 9.79. The van der Waals surface area contributed by atoms with Gasteiger partial charge in [0.15, 0.2) is 0 Å². The van der Waals surface area contributed by atoms with Gasteiger partial charge in [-0.05, 0) is 0 Å². The van der Waals surface area contributed by atoms with Crippen molar-refractivity contribution >= 4 is 31.0 Å². The molecule has 2 amide bonds. The summed E-state index contributed by atoms with van der Waals surface area (Å²) >= 11 is 0.990. The molecular weight excluding hydrogens is 228 g/mol. The third kappa shape index (κ3) is 8.50. The Labute approximate surface area is 96.4 Å². The number of nitrogens with two attached hydrogens (primary N) is 1. The SMILES string of the molecule is CC(CSC(N)=O)C(=O)NC[Si](C)(C)C. The Kier molecular flexibility index (Phi) is 5.97.